The van der Waals surface area contributed by atoms with Crippen LogP contribution in [0.15, 0.2) is 23.3 Å². The van der Waals surface area contributed by atoms with Gasteiger partial charge in [-0.3, -0.25) is 0 Å². The van der Waals surface area contributed by atoms with Crippen LogP contribution in [0.4, 0.5) is 0 Å². The van der Waals surface area contributed by atoms with Crippen molar-refractivity contribution in [1.29, 1.82) is 0 Å². The average molecular weight is 139 g/mol. The molecule has 1 aliphatic carbocycles. The van der Waals surface area contributed by atoms with Crippen LogP contribution in [-0.4, -0.2) is 23.4 Å². The van der Waals surface area contributed by atoms with Crippen molar-refractivity contribution in [2.45, 2.75) is 6.42 Å². The molecular formula is C8H11O2. The Morgan fingerprint density at radius 3 is 2.70 bits per heavy atom. The molecule has 0 saturated carbocycles. The van der Waals surface area contributed by atoms with Gasteiger partial charge in [-0.2, -0.15) is 0 Å². The molecule has 0 atom stereocenters. The normalized spacial score (nSPS) is 18.2. The van der Waals surface area contributed by atoms with Crippen LogP contribution in [0.25, 0.3) is 0 Å². The molecule has 0 aromatic carbocycles. The minimum Gasteiger partial charge on any atom is -0.392 e. The highest BCUT2D eigenvalue weighted by atomic mass is 16.3. The van der Waals surface area contributed by atoms with E-state index in [0.717, 1.165) is 17.6 Å². The van der Waals surface area contributed by atoms with Crippen LogP contribution in [-0.2, 0) is 0 Å². The molecule has 0 amide bonds. The highest BCUT2D eigenvalue weighted by Gasteiger charge is 2.02. The lowest BCUT2D eigenvalue weighted by Gasteiger charge is -2.08. The Labute approximate surface area is 60.5 Å². The zero-order chi connectivity index (χ0) is 7.40. The number of hydrogen-bond acceptors (Lipinski definition) is 2. The Morgan fingerprint density at radius 1 is 1.30 bits per heavy atom. The summed E-state index contributed by atoms with van der Waals surface area (Å²) in [6, 6.07) is 0. The fourth-order valence-electron chi connectivity index (χ4n) is 0.939. The number of rotatable bonds is 2. The minimum absolute atomic E-state index is 0.0556. The van der Waals surface area contributed by atoms with Gasteiger partial charge in [-0.25, -0.2) is 0 Å². The van der Waals surface area contributed by atoms with Gasteiger partial charge in [-0.05, 0) is 24.0 Å². The van der Waals surface area contributed by atoms with E-state index in [1.807, 2.05) is 18.6 Å². The van der Waals surface area contributed by atoms with Crippen LogP contribution in [0.2, 0.25) is 0 Å². The van der Waals surface area contributed by atoms with Gasteiger partial charge in [-0.1, -0.05) is 12.2 Å². The lowest BCUT2D eigenvalue weighted by Crippen LogP contribution is -1.99. The molecule has 10 heavy (non-hydrogen) atoms. The Kier molecular flexibility index (Phi) is 2.66. The van der Waals surface area contributed by atoms with Crippen LogP contribution >= 0.6 is 0 Å². The Morgan fingerprint density at radius 2 is 2.10 bits per heavy atom. The largest absolute Gasteiger partial charge is 0.392 e. The fourth-order valence-corrected chi connectivity index (χ4v) is 0.939. The maximum Gasteiger partial charge on any atom is 0.0678 e. The van der Waals surface area contributed by atoms with Gasteiger partial charge < -0.3 is 10.2 Å². The molecule has 0 fully saturated rings. The quantitative estimate of drug-likeness (QED) is 0.582. The predicted molar refractivity (Wildman–Crippen MR) is 39.3 cm³/mol. The van der Waals surface area contributed by atoms with Gasteiger partial charge in [0.25, 0.3) is 0 Å². The molecule has 2 heteroatoms. The number of aliphatic hydroxyl groups is 2. The van der Waals surface area contributed by atoms with Crippen LogP contribution in [0, 0.1) is 6.42 Å². The van der Waals surface area contributed by atoms with Crippen molar-refractivity contribution < 1.29 is 10.2 Å². The first kappa shape index (κ1) is 7.51. The number of allylic oxidation sites excluding steroid dienone is 1. The molecule has 1 rings (SSSR count). The third-order valence-electron chi connectivity index (χ3n) is 1.49. The van der Waals surface area contributed by atoms with Gasteiger partial charge in [0.1, 0.15) is 0 Å². The standard InChI is InChI=1S/C8H11O2/c9-5-7-2-1-3-8(4-7)6-10/h1-2,4,9-10H,3,5-6H2. The Bertz CT molecular complexity index is 168. The summed E-state index contributed by atoms with van der Waals surface area (Å²) in [4.78, 5) is 0. The summed E-state index contributed by atoms with van der Waals surface area (Å²) in [6.07, 6.45) is 6.45. The van der Waals surface area contributed by atoms with Crippen molar-refractivity contribution in [3.8, 4) is 0 Å². The maximum atomic E-state index is 8.71. The molecule has 0 bridgehead atoms. The van der Waals surface area contributed by atoms with Crippen molar-refractivity contribution in [3.63, 3.8) is 0 Å². The first-order chi connectivity index (χ1) is 4.86. The summed E-state index contributed by atoms with van der Waals surface area (Å²) < 4.78 is 0. The van der Waals surface area contributed by atoms with E-state index in [-0.39, 0.29) is 13.2 Å². The van der Waals surface area contributed by atoms with E-state index >= 15 is 0 Å². The summed E-state index contributed by atoms with van der Waals surface area (Å²) in [7, 11) is 0. The van der Waals surface area contributed by atoms with Crippen molar-refractivity contribution >= 4 is 0 Å². The summed E-state index contributed by atoms with van der Waals surface area (Å²) >= 11 is 0. The van der Waals surface area contributed by atoms with Gasteiger partial charge in [0.05, 0.1) is 13.2 Å². The van der Waals surface area contributed by atoms with Crippen molar-refractivity contribution in [1.82, 2.24) is 0 Å². The number of aliphatic hydroxyl groups excluding tert-OH is 2. The second-order valence-electron chi connectivity index (χ2n) is 2.30. The second kappa shape index (κ2) is 3.54. The van der Waals surface area contributed by atoms with Crippen molar-refractivity contribution in [2.24, 2.45) is 0 Å². The zero-order valence-corrected chi connectivity index (χ0v) is 5.75. The van der Waals surface area contributed by atoms with Crippen LogP contribution < -0.4 is 0 Å². The molecule has 0 spiro atoms. The van der Waals surface area contributed by atoms with E-state index in [2.05, 4.69) is 0 Å². The van der Waals surface area contributed by atoms with E-state index in [4.69, 9.17) is 10.2 Å². The molecule has 2 N–H and O–H groups in total. The van der Waals surface area contributed by atoms with Gasteiger partial charge in [0, 0.05) is 0 Å². The first-order valence-corrected chi connectivity index (χ1v) is 3.30. The maximum absolute atomic E-state index is 8.71. The molecule has 0 saturated heterocycles. The van der Waals surface area contributed by atoms with E-state index < -0.39 is 0 Å². The lowest BCUT2D eigenvalue weighted by atomic mass is 10.0. The van der Waals surface area contributed by atoms with Crippen molar-refractivity contribution in [2.75, 3.05) is 13.2 Å². The molecule has 55 valence electrons. The molecule has 0 aromatic heterocycles. The van der Waals surface area contributed by atoms with E-state index in [1.165, 1.54) is 0 Å². The Balaban J connectivity index is 2.61. The molecule has 0 aromatic rings. The SMILES string of the molecule is OCC1=C[CH]CC(CO)=C1. The second-order valence-corrected chi connectivity index (χ2v) is 2.30. The first-order valence-electron chi connectivity index (χ1n) is 3.30. The van der Waals surface area contributed by atoms with Crippen LogP contribution in [0.5, 0.6) is 0 Å². The predicted octanol–water partition coefficient (Wildman–Crippen LogP) is 0.432. The van der Waals surface area contributed by atoms with Gasteiger partial charge >= 0.3 is 0 Å². The minimum atomic E-state index is 0.0556. The molecule has 0 unspecified atom stereocenters. The van der Waals surface area contributed by atoms with Crippen molar-refractivity contribution in [3.05, 3.63) is 29.7 Å². The molecule has 0 aliphatic heterocycles. The van der Waals surface area contributed by atoms with E-state index in [9.17, 15) is 0 Å². The third-order valence-corrected chi connectivity index (χ3v) is 1.49. The summed E-state index contributed by atoms with van der Waals surface area (Å²) in [5, 5.41) is 17.4. The summed E-state index contributed by atoms with van der Waals surface area (Å²) in [5.41, 5.74) is 1.84. The third kappa shape index (κ3) is 1.69. The molecular weight excluding hydrogens is 128 g/mol. The van der Waals surface area contributed by atoms with E-state index in [1.54, 1.807) is 0 Å². The zero-order valence-electron chi connectivity index (χ0n) is 5.75. The van der Waals surface area contributed by atoms with Gasteiger partial charge in [-0.15, -0.1) is 0 Å². The number of hydrogen-bond donors (Lipinski definition) is 2. The Hall–Kier alpha value is -0.600. The highest BCUT2D eigenvalue weighted by molar-refractivity contribution is 5.32. The van der Waals surface area contributed by atoms with Crippen LogP contribution in [0.1, 0.15) is 6.42 Å². The fraction of sp³-hybridized carbons (Fsp3) is 0.375. The molecule has 2 nitrogen and oxygen atoms in total. The smallest absolute Gasteiger partial charge is 0.0678 e. The molecule has 0 heterocycles. The van der Waals surface area contributed by atoms with E-state index in [0.29, 0.717) is 0 Å². The monoisotopic (exact) mass is 139 g/mol. The summed E-state index contributed by atoms with van der Waals surface area (Å²) in [5.74, 6) is 0. The summed E-state index contributed by atoms with van der Waals surface area (Å²) in [6.45, 7) is 0.147. The average Bonchev–Trinajstić information content (AvgIpc) is 2.05. The molecule has 1 radical (unpaired) electrons. The van der Waals surface area contributed by atoms with Gasteiger partial charge in [0.2, 0.25) is 0 Å². The van der Waals surface area contributed by atoms with Gasteiger partial charge in [0.15, 0.2) is 0 Å². The molecule has 1 aliphatic rings. The topological polar surface area (TPSA) is 40.5 Å². The van der Waals surface area contributed by atoms with Crippen LogP contribution in [0.3, 0.4) is 0 Å². The lowest BCUT2D eigenvalue weighted by molar-refractivity contribution is 0.323. The highest BCUT2D eigenvalue weighted by Crippen LogP contribution is 2.14.